The smallest absolute Gasteiger partial charge is 0.244 e. The lowest BCUT2D eigenvalue weighted by Gasteiger charge is -2.14. The van der Waals surface area contributed by atoms with Crippen LogP contribution >= 0.6 is 0 Å². The summed E-state index contributed by atoms with van der Waals surface area (Å²) in [6, 6.07) is -0.676. The summed E-state index contributed by atoms with van der Waals surface area (Å²) in [7, 11) is -2.02. The van der Waals surface area contributed by atoms with E-state index in [9.17, 15) is 8.42 Å². The minimum absolute atomic E-state index is 0.0645. The molecule has 16 heavy (non-hydrogen) atoms. The van der Waals surface area contributed by atoms with E-state index in [1.165, 1.54) is 17.1 Å². The monoisotopic (exact) mass is 245 g/mol. The Bertz CT molecular complexity index is 478. The van der Waals surface area contributed by atoms with Crippen LogP contribution in [0.3, 0.4) is 0 Å². The number of nitrogens with zero attached hydrogens (tertiary/aromatic N) is 2. The number of nitrogens with one attached hydrogen (secondary N) is 2. The van der Waals surface area contributed by atoms with E-state index in [1.54, 1.807) is 14.0 Å². The van der Waals surface area contributed by atoms with Crippen molar-refractivity contribution in [1.29, 1.82) is 5.41 Å². The molecule has 0 saturated carbocycles. The quantitative estimate of drug-likeness (QED) is 0.475. The number of aromatic nitrogens is 2. The molecule has 0 amide bonds. The second-order valence-electron chi connectivity index (χ2n) is 3.39. The predicted molar refractivity (Wildman–Crippen MR) is 59.5 cm³/mol. The molecule has 0 bridgehead atoms. The lowest BCUT2D eigenvalue weighted by Crippen LogP contribution is -2.43. The standard InChI is InChI=1S/C8H15N5O2S/c1-3-7(8(9)10)12-16(14,15)6-4-11-13(2)5-6/h4-5,7,12H,3H2,1-2H3,(H3,9,10). The highest BCUT2D eigenvalue weighted by atomic mass is 32.2. The fourth-order valence-corrected chi connectivity index (χ4v) is 2.44. The fourth-order valence-electron chi connectivity index (χ4n) is 1.16. The molecule has 0 aliphatic carbocycles. The van der Waals surface area contributed by atoms with Crippen LogP contribution < -0.4 is 10.5 Å². The number of nitrogens with two attached hydrogens (primary N) is 1. The molecule has 1 atom stereocenters. The van der Waals surface area contributed by atoms with Crippen molar-refractivity contribution >= 4 is 15.9 Å². The Labute approximate surface area is 94.2 Å². The Morgan fingerprint density at radius 3 is 2.75 bits per heavy atom. The SMILES string of the molecule is CCC(NS(=O)(=O)c1cnn(C)c1)C(=N)N. The molecule has 8 heteroatoms. The number of hydrogen-bond acceptors (Lipinski definition) is 4. The van der Waals surface area contributed by atoms with Gasteiger partial charge in [-0.15, -0.1) is 0 Å². The average Bonchev–Trinajstić information content (AvgIpc) is 2.61. The first-order valence-corrected chi connectivity index (χ1v) is 6.20. The van der Waals surface area contributed by atoms with Crippen LogP contribution in [0.5, 0.6) is 0 Å². The molecule has 90 valence electrons. The minimum atomic E-state index is -3.65. The van der Waals surface area contributed by atoms with Crippen molar-refractivity contribution in [2.75, 3.05) is 0 Å². The van der Waals surface area contributed by atoms with Gasteiger partial charge in [0.25, 0.3) is 0 Å². The third-order valence-corrected chi connectivity index (χ3v) is 3.50. The largest absolute Gasteiger partial charge is 0.386 e. The first-order valence-electron chi connectivity index (χ1n) is 4.71. The van der Waals surface area contributed by atoms with Crippen LogP contribution in [-0.2, 0) is 17.1 Å². The van der Waals surface area contributed by atoms with Crippen LogP contribution in [0.15, 0.2) is 17.3 Å². The van der Waals surface area contributed by atoms with Crippen LogP contribution in [-0.4, -0.2) is 30.1 Å². The molecule has 0 fully saturated rings. The van der Waals surface area contributed by atoms with Crippen molar-refractivity contribution in [2.24, 2.45) is 12.8 Å². The van der Waals surface area contributed by atoms with Crippen molar-refractivity contribution in [3.8, 4) is 0 Å². The fraction of sp³-hybridized carbons (Fsp3) is 0.500. The summed E-state index contributed by atoms with van der Waals surface area (Å²) in [5.41, 5.74) is 5.27. The van der Waals surface area contributed by atoms with Crippen molar-refractivity contribution in [1.82, 2.24) is 14.5 Å². The van der Waals surface area contributed by atoms with Crippen molar-refractivity contribution < 1.29 is 8.42 Å². The Kier molecular flexibility index (Phi) is 3.66. The lowest BCUT2D eigenvalue weighted by molar-refractivity contribution is 0.571. The van der Waals surface area contributed by atoms with E-state index in [0.717, 1.165) is 0 Å². The molecule has 0 saturated heterocycles. The average molecular weight is 245 g/mol. The van der Waals surface area contributed by atoms with Gasteiger partial charge in [0.05, 0.1) is 12.2 Å². The number of sulfonamides is 1. The maximum Gasteiger partial charge on any atom is 0.244 e. The summed E-state index contributed by atoms with van der Waals surface area (Å²) in [6.45, 7) is 1.75. The molecule has 1 rings (SSSR count). The summed E-state index contributed by atoms with van der Waals surface area (Å²) in [4.78, 5) is 0.0645. The summed E-state index contributed by atoms with van der Waals surface area (Å²) in [5.74, 6) is -0.199. The number of aryl methyl sites for hydroxylation is 1. The molecule has 1 unspecified atom stereocenters. The Morgan fingerprint density at radius 1 is 1.75 bits per heavy atom. The van der Waals surface area contributed by atoms with Crippen LogP contribution in [0.25, 0.3) is 0 Å². The predicted octanol–water partition coefficient (Wildman–Crippen LogP) is -0.587. The molecule has 4 N–H and O–H groups in total. The van der Waals surface area contributed by atoms with Gasteiger partial charge in [0.2, 0.25) is 10.0 Å². The molecule has 1 heterocycles. The second-order valence-corrected chi connectivity index (χ2v) is 5.10. The van der Waals surface area contributed by atoms with E-state index in [1.807, 2.05) is 0 Å². The molecule has 0 radical (unpaired) electrons. The van der Waals surface area contributed by atoms with Gasteiger partial charge in [-0.25, -0.2) is 13.1 Å². The van der Waals surface area contributed by atoms with Gasteiger partial charge >= 0.3 is 0 Å². The molecule has 0 aliphatic heterocycles. The highest BCUT2D eigenvalue weighted by Crippen LogP contribution is 2.07. The Balaban J connectivity index is 2.91. The van der Waals surface area contributed by atoms with Crippen molar-refractivity contribution in [2.45, 2.75) is 24.3 Å². The van der Waals surface area contributed by atoms with E-state index in [-0.39, 0.29) is 10.7 Å². The summed E-state index contributed by atoms with van der Waals surface area (Å²) >= 11 is 0. The van der Waals surface area contributed by atoms with E-state index >= 15 is 0 Å². The summed E-state index contributed by atoms with van der Waals surface area (Å²) < 4.78 is 27.3. The van der Waals surface area contributed by atoms with Gasteiger partial charge in [0, 0.05) is 13.2 Å². The van der Waals surface area contributed by atoms with Crippen LogP contribution in [0.1, 0.15) is 13.3 Å². The van der Waals surface area contributed by atoms with Crippen molar-refractivity contribution in [3.63, 3.8) is 0 Å². The summed E-state index contributed by atoms with van der Waals surface area (Å²) in [6.07, 6.45) is 3.05. The van der Waals surface area contributed by atoms with E-state index in [4.69, 9.17) is 11.1 Å². The van der Waals surface area contributed by atoms with E-state index in [2.05, 4.69) is 9.82 Å². The van der Waals surface area contributed by atoms with E-state index in [0.29, 0.717) is 6.42 Å². The molecular weight excluding hydrogens is 230 g/mol. The number of hydrogen-bond donors (Lipinski definition) is 3. The maximum atomic E-state index is 11.8. The molecule has 0 aromatic carbocycles. The normalized spacial score (nSPS) is 13.6. The molecule has 1 aromatic heterocycles. The first-order chi connectivity index (χ1) is 7.36. The zero-order valence-corrected chi connectivity index (χ0v) is 9.95. The zero-order chi connectivity index (χ0) is 12.3. The number of amidine groups is 1. The van der Waals surface area contributed by atoms with Crippen LogP contribution in [0.4, 0.5) is 0 Å². The highest BCUT2D eigenvalue weighted by Gasteiger charge is 2.21. The summed E-state index contributed by atoms with van der Waals surface area (Å²) in [5, 5.41) is 11.0. The maximum absolute atomic E-state index is 11.8. The van der Waals surface area contributed by atoms with Gasteiger partial charge in [-0.05, 0) is 6.42 Å². The minimum Gasteiger partial charge on any atom is -0.386 e. The van der Waals surface area contributed by atoms with Gasteiger partial charge < -0.3 is 5.73 Å². The molecule has 0 spiro atoms. The van der Waals surface area contributed by atoms with Gasteiger partial charge in [-0.3, -0.25) is 10.1 Å². The Hall–Kier alpha value is -1.41. The third kappa shape index (κ3) is 2.80. The van der Waals surface area contributed by atoms with Crippen LogP contribution in [0, 0.1) is 5.41 Å². The first kappa shape index (κ1) is 12.7. The zero-order valence-electron chi connectivity index (χ0n) is 9.14. The Morgan fingerprint density at radius 2 is 2.38 bits per heavy atom. The van der Waals surface area contributed by atoms with Gasteiger partial charge in [0.1, 0.15) is 10.7 Å². The van der Waals surface area contributed by atoms with Gasteiger partial charge in [0.15, 0.2) is 0 Å². The van der Waals surface area contributed by atoms with E-state index < -0.39 is 16.1 Å². The van der Waals surface area contributed by atoms with Crippen LogP contribution in [0.2, 0.25) is 0 Å². The molecule has 0 aliphatic rings. The molecule has 1 aromatic rings. The topological polar surface area (TPSA) is 114 Å². The van der Waals surface area contributed by atoms with Gasteiger partial charge in [-0.1, -0.05) is 6.92 Å². The van der Waals surface area contributed by atoms with Crippen molar-refractivity contribution in [3.05, 3.63) is 12.4 Å². The number of rotatable bonds is 5. The molecule has 7 nitrogen and oxygen atoms in total. The molecular formula is C8H15N5O2S. The third-order valence-electron chi connectivity index (χ3n) is 2.07. The second kappa shape index (κ2) is 4.62. The highest BCUT2D eigenvalue weighted by molar-refractivity contribution is 7.89. The van der Waals surface area contributed by atoms with Gasteiger partial charge in [-0.2, -0.15) is 5.10 Å². The lowest BCUT2D eigenvalue weighted by atomic mass is 10.2.